The number of carbonyl (C=O) groups excluding carboxylic acids is 1. The molecule has 20 heavy (non-hydrogen) atoms. The van der Waals surface area contributed by atoms with Gasteiger partial charge in [-0.25, -0.2) is 23.0 Å². The van der Waals surface area contributed by atoms with Crippen LogP contribution in [0.3, 0.4) is 0 Å². The maximum atomic E-state index is 11.4. The molecular formula is C11H12N4O4S. The van der Waals surface area contributed by atoms with Gasteiger partial charge in [0.05, 0.1) is 23.9 Å². The Morgan fingerprint density at radius 2 is 1.90 bits per heavy atom. The number of esters is 1. The lowest BCUT2D eigenvalue weighted by molar-refractivity contribution is 0.0602. The summed E-state index contributed by atoms with van der Waals surface area (Å²) in [5.74, 6) is -0.505. The van der Waals surface area contributed by atoms with Gasteiger partial charge in [0.2, 0.25) is 10.0 Å². The fourth-order valence-corrected chi connectivity index (χ4v) is 2.12. The molecule has 0 saturated carbocycles. The van der Waals surface area contributed by atoms with Gasteiger partial charge < -0.3 is 10.5 Å². The highest BCUT2D eigenvalue weighted by atomic mass is 32.2. The number of hydrogen-bond donors (Lipinski definition) is 2. The van der Waals surface area contributed by atoms with Gasteiger partial charge in [-0.3, -0.25) is 0 Å². The van der Waals surface area contributed by atoms with Crippen LogP contribution in [0.5, 0.6) is 0 Å². The zero-order valence-corrected chi connectivity index (χ0v) is 11.3. The van der Waals surface area contributed by atoms with Gasteiger partial charge in [0.25, 0.3) is 0 Å². The average Bonchev–Trinajstić information content (AvgIpc) is 2.79. The number of benzene rings is 1. The summed E-state index contributed by atoms with van der Waals surface area (Å²) in [6.45, 7) is 0. The first-order valence-electron chi connectivity index (χ1n) is 5.39. The minimum atomic E-state index is -3.76. The summed E-state index contributed by atoms with van der Waals surface area (Å²) in [6, 6.07) is 5.60. The second-order valence-electron chi connectivity index (χ2n) is 3.89. The summed E-state index contributed by atoms with van der Waals surface area (Å²) >= 11 is 0. The van der Waals surface area contributed by atoms with E-state index in [9.17, 15) is 13.2 Å². The smallest absolute Gasteiger partial charge is 0.343 e. The van der Waals surface area contributed by atoms with E-state index < -0.39 is 16.0 Å². The fourth-order valence-electron chi connectivity index (χ4n) is 1.61. The number of nitrogen functional groups attached to an aromatic ring is 1. The van der Waals surface area contributed by atoms with Crippen LogP contribution in [0.1, 0.15) is 10.4 Å². The lowest BCUT2D eigenvalue weighted by Gasteiger charge is -2.05. The molecule has 0 amide bonds. The van der Waals surface area contributed by atoms with Gasteiger partial charge in [-0.2, -0.15) is 5.10 Å². The third-order valence-electron chi connectivity index (χ3n) is 2.62. The van der Waals surface area contributed by atoms with E-state index >= 15 is 0 Å². The number of ether oxygens (including phenoxy) is 1. The summed E-state index contributed by atoms with van der Waals surface area (Å²) in [5.41, 5.74) is 6.41. The molecule has 0 spiro atoms. The van der Waals surface area contributed by atoms with Crippen LogP contribution in [0.25, 0.3) is 5.69 Å². The normalized spacial score (nSPS) is 11.3. The summed E-state index contributed by atoms with van der Waals surface area (Å²) < 4.78 is 28.2. The predicted molar refractivity (Wildman–Crippen MR) is 70.7 cm³/mol. The van der Waals surface area contributed by atoms with Crippen LogP contribution in [0.4, 0.5) is 5.82 Å². The zero-order chi connectivity index (χ0) is 14.9. The maximum absolute atomic E-state index is 11.4. The Balaban J connectivity index is 2.43. The first-order chi connectivity index (χ1) is 9.34. The molecule has 0 atom stereocenters. The zero-order valence-electron chi connectivity index (χ0n) is 10.5. The van der Waals surface area contributed by atoms with Gasteiger partial charge in [-0.05, 0) is 24.3 Å². The summed E-state index contributed by atoms with van der Waals surface area (Å²) in [7, 11) is -2.52. The molecule has 4 N–H and O–H groups in total. The number of sulfonamides is 1. The highest BCUT2D eigenvalue weighted by Crippen LogP contribution is 2.19. The molecule has 9 heteroatoms. The minimum absolute atomic E-state index is 0.0276. The molecule has 1 aromatic carbocycles. The third-order valence-corrected chi connectivity index (χ3v) is 3.55. The molecule has 0 radical (unpaired) electrons. The lowest BCUT2D eigenvalue weighted by Crippen LogP contribution is -2.12. The highest BCUT2D eigenvalue weighted by Gasteiger charge is 2.16. The van der Waals surface area contributed by atoms with Gasteiger partial charge in [0.15, 0.2) is 0 Å². The summed E-state index contributed by atoms with van der Waals surface area (Å²) in [5, 5.41) is 8.96. The molecule has 0 aliphatic carbocycles. The van der Waals surface area contributed by atoms with Gasteiger partial charge in [-0.15, -0.1) is 0 Å². The molecule has 0 unspecified atom stereocenters. The van der Waals surface area contributed by atoms with Crippen LogP contribution in [0.15, 0.2) is 35.4 Å². The van der Waals surface area contributed by atoms with Crippen molar-refractivity contribution in [2.45, 2.75) is 4.90 Å². The lowest BCUT2D eigenvalue weighted by atomic mass is 10.3. The molecule has 0 fully saturated rings. The first-order valence-corrected chi connectivity index (χ1v) is 6.94. The van der Waals surface area contributed by atoms with E-state index in [0.717, 1.165) is 0 Å². The second kappa shape index (κ2) is 4.94. The van der Waals surface area contributed by atoms with Crippen LogP contribution < -0.4 is 10.9 Å². The standard InChI is InChI=1S/C11H12N4O4S/c1-19-11(16)9-6-14-15(10(9)12)7-2-4-8(5-3-7)20(13,17)18/h2-6H,12H2,1H3,(H2,13,17,18). The van der Waals surface area contributed by atoms with Crippen molar-refractivity contribution < 1.29 is 17.9 Å². The number of anilines is 1. The molecule has 0 bridgehead atoms. The number of methoxy groups -OCH3 is 1. The van der Waals surface area contributed by atoms with Gasteiger partial charge in [-0.1, -0.05) is 0 Å². The number of primary sulfonamides is 1. The largest absolute Gasteiger partial charge is 0.465 e. The van der Waals surface area contributed by atoms with E-state index in [4.69, 9.17) is 10.9 Å². The van der Waals surface area contributed by atoms with Gasteiger partial charge >= 0.3 is 5.97 Å². The van der Waals surface area contributed by atoms with Crippen molar-refractivity contribution in [1.82, 2.24) is 9.78 Å². The van der Waals surface area contributed by atoms with Crippen LogP contribution in [0, 0.1) is 0 Å². The second-order valence-corrected chi connectivity index (χ2v) is 5.45. The number of hydrogen-bond acceptors (Lipinski definition) is 6. The number of rotatable bonds is 3. The molecular weight excluding hydrogens is 284 g/mol. The molecule has 8 nitrogen and oxygen atoms in total. The molecule has 1 aromatic heterocycles. The van der Waals surface area contributed by atoms with E-state index in [1.807, 2.05) is 0 Å². The predicted octanol–water partition coefficient (Wildman–Crippen LogP) is -0.112. The Morgan fingerprint density at radius 1 is 1.30 bits per heavy atom. The Bertz CT molecular complexity index is 749. The molecule has 106 valence electrons. The van der Waals surface area contributed by atoms with E-state index in [0.29, 0.717) is 5.69 Å². The average molecular weight is 296 g/mol. The van der Waals surface area contributed by atoms with E-state index in [-0.39, 0.29) is 16.3 Å². The van der Waals surface area contributed by atoms with Crippen LogP contribution >= 0.6 is 0 Å². The van der Waals surface area contributed by atoms with Crippen molar-refractivity contribution in [1.29, 1.82) is 0 Å². The minimum Gasteiger partial charge on any atom is -0.465 e. The number of nitrogens with zero attached hydrogens (tertiary/aromatic N) is 2. The van der Waals surface area contributed by atoms with Crippen LogP contribution in [-0.4, -0.2) is 31.3 Å². The molecule has 1 heterocycles. The molecule has 2 rings (SSSR count). The first kappa shape index (κ1) is 14.0. The Labute approximate surface area is 115 Å². The summed E-state index contributed by atoms with van der Waals surface area (Å²) in [4.78, 5) is 11.4. The van der Waals surface area contributed by atoms with Crippen molar-refractivity contribution in [2.75, 3.05) is 12.8 Å². The van der Waals surface area contributed by atoms with Crippen molar-refractivity contribution in [3.8, 4) is 5.69 Å². The third kappa shape index (κ3) is 2.49. The molecule has 0 aliphatic rings. The Hall–Kier alpha value is -2.39. The fraction of sp³-hybridized carbons (Fsp3) is 0.0909. The van der Waals surface area contributed by atoms with Crippen molar-refractivity contribution in [3.05, 3.63) is 36.0 Å². The van der Waals surface area contributed by atoms with E-state index in [2.05, 4.69) is 9.84 Å². The molecule has 2 aromatic rings. The van der Waals surface area contributed by atoms with Crippen molar-refractivity contribution in [2.24, 2.45) is 5.14 Å². The summed E-state index contributed by atoms with van der Waals surface area (Å²) in [6.07, 6.45) is 1.27. The number of nitrogens with two attached hydrogens (primary N) is 2. The maximum Gasteiger partial charge on any atom is 0.343 e. The highest BCUT2D eigenvalue weighted by molar-refractivity contribution is 7.89. The van der Waals surface area contributed by atoms with E-state index in [1.165, 1.54) is 42.3 Å². The number of aromatic nitrogens is 2. The topological polar surface area (TPSA) is 130 Å². The van der Waals surface area contributed by atoms with Crippen molar-refractivity contribution in [3.63, 3.8) is 0 Å². The quantitative estimate of drug-likeness (QED) is 0.760. The Kier molecular flexibility index (Phi) is 3.47. The molecule has 0 saturated heterocycles. The van der Waals surface area contributed by atoms with Gasteiger partial charge in [0, 0.05) is 0 Å². The van der Waals surface area contributed by atoms with Crippen molar-refractivity contribution >= 4 is 21.8 Å². The SMILES string of the molecule is COC(=O)c1cnn(-c2ccc(S(N)(=O)=O)cc2)c1N. The molecule has 0 aliphatic heterocycles. The Morgan fingerprint density at radius 3 is 2.40 bits per heavy atom. The van der Waals surface area contributed by atoms with Crippen LogP contribution in [-0.2, 0) is 14.8 Å². The number of carbonyl (C=O) groups is 1. The van der Waals surface area contributed by atoms with Gasteiger partial charge in [0.1, 0.15) is 11.4 Å². The monoisotopic (exact) mass is 296 g/mol. The van der Waals surface area contributed by atoms with E-state index in [1.54, 1.807) is 0 Å². The van der Waals surface area contributed by atoms with Crippen LogP contribution in [0.2, 0.25) is 0 Å².